The second-order valence-corrected chi connectivity index (χ2v) is 6.71. The Morgan fingerprint density at radius 3 is 2.80 bits per heavy atom. The Bertz CT molecular complexity index is 622. The number of cyclic esters (lactones) is 1. The molecule has 5 nitrogen and oxygen atoms in total. The van der Waals surface area contributed by atoms with E-state index in [9.17, 15) is 14.0 Å². The van der Waals surface area contributed by atoms with Crippen molar-refractivity contribution >= 4 is 12.0 Å². The first-order valence-corrected chi connectivity index (χ1v) is 8.93. The number of ether oxygens (including phenoxy) is 1. The lowest BCUT2D eigenvalue weighted by Crippen LogP contribution is -2.54. The van der Waals surface area contributed by atoms with Gasteiger partial charge in [0, 0.05) is 6.04 Å². The zero-order valence-electron chi connectivity index (χ0n) is 15.1. The second-order valence-electron chi connectivity index (χ2n) is 6.71. The Morgan fingerprint density at radius 2 is 2.24 bits per heavy atom. The number of alkyl carbamates (subject to hydrolysis) is 1. The fourth-order valence-corrected chi connectivity index (χ4v) is 3.15. The van der Waals surface area contributed by atoms with E-state index >= 15 is 0 Å². The largest absolute Gasteiger partial charge is 0.443 e. The summed E-state index contributed by atoms with van der Waals surface area (Å²) < 4.78 is 19.1. The van der Waals surface area contributed by atoms with Crippen molar-refractivity contribution in [1.29, 1.82) is 0 Å². The molecule has 2 rings (SSSR count). The maximum atomic E-state index is 13.8. The Kier molecular flexibility index (Phi) is 6.39. The smallest absolute Gasteiger partial charge is 0.407 e. The average molecular weight is 350 g/mol. The van der Waals surface area contributed by atoms with E-state index in [2.05, 4.69) is 17.6 Å². The highest BCUT2D eigenvalue weighted by Crippen LogP contribution is 2.32. The normalized spacial score (nSPS) is 20.3. The van der Waals surface area contributed by atoms with Gasteiger partial charge in [0.1, 0.15) is 17.3 Å². The van der Waals surface area contributed by atoms with Crippen LogP contribution in [0.3, 0.4) is 0 Å². The zero-order chi connectivity index (χ0) is 18.4. The van der Waals surface area contributed by atoms with Crippen molar-refractivity contribution in [3.63, 3.8) is 0 Å². The SMILES string of the molecule is CCCCC(CC)NC(=O)C(C)(c1cccc(F)c1)C1CNC(=O)O1. The summed E-state index contributed by atoms with van der Waals surface area (Å²) in [6.07, 6.45) is 2.53. The lowest BCUT2D eigenvalue weighted by atomic mass is 9.76. The summed E-state index contributed by atoms with van der Waals surface area (Å²) >= 11 is 0. The third-order valence-corrected chi connectivity index (χ3v) is 4.96. The minimum atomic E-state index is -1.17. The van der Waals surface area contributed by atoms with Crippen LogP contribution in [0.25, 0.3) is 0 Å². The van der Waals surface area contributed by atoms with Crippen LogP contribution in [0.2, 0.25) is 0 Å². The van der Waals surface area contributed by atoms with Gasteiger partial charge in [0.2, 0.25) is 5.91 Å². The molecule has 1 saturated heterocycles. The molecule has 1 aliphatic heterocycles. The fourth-order valence-electron chi connectivity index (χ4n) is 3.15. The summed E-state index contributed by atoms with van der Waals surface area (Å²) in [5.41, 5.74) is -0.669. The molecule has 1 aliphatic rings. The minimum absolute atomic E-state index is 0.0467. The van der Waals surface area contributed by atoms with Gasteiger partial charge in [-0.25, -0.2) is 9.18 Å². The van der Waals surface area contributed by atoms with Crippen molar-refractivity contribution < 1.29 is 18.7 Å². The monoisotopic (exact) mass is 350 g/mol. The van der Waals surface area contributed by atoms with Crippen LogP contribution in [0.15, 0.2) is 24.3 Å². The van der Waals surface area contributed by atoms with E-state index < -0.39 is 23.4 Å². The number of unbranched alkanes of at least 4 members (excludes halogenated alkanes) is 1. The predicted molar refractivity (Wildman–Crippen MR) is 93.8 cm³/mol. The highest BCUT2D eigenvalue weighted by Gasteiger charge is 2.48. The Labute approximate surface area is 148 Å². The molecule has 0 saturated carbocycles. The van der Waals surface area contributed by atoms with Crippen LogP contribution in [0, 0.1) is 5.82 Å². The highest BCUT2D eigenvalue weighted by atomic mass is 19.1. The van der Waals surface area contributed by atoms with Gasteiger partial charge in [0.05, 0.1) is 6.54 Å². The third kappa shape index (κ3) is 4.30. The van der Waals surface area contributed by atoms with E-state index in [-0.39, 0.29) is 18.5 Å². The number of nitrogens with one attached hydrogen (secondary N) is 2. The second kappa shape index (κ2) is 8.32. The molecule has 0 bridgehead atoms. The van der Waals surface area contributed by atoms with Gasteiger partial charge < -0.3 is 15.4 Å². The first kappa shape index (κ1) is 19.2. The summed E-state index contributed by atoms with van der Waals surface area (Å²) in [5, 5.41) is 5.65. The van der Waals surface area contributed by atoms with Crippen LogP contribution in [-0.4, -0.2) is 30.7 Å². The molecule has 3 unspecified atom stereocenters. The Hall–Kier alpha value is -2.11. The molecule has 138 valence electrons. The van der Waals surface area contributed by atoms with Gasteiger partial charge in [-0.3, -0.25) is 4.79 Å². The molecule has 2 N–H and O–H groups in total. The summed E-state index contributed by atoms with van der Waals surface area (Å²) in [6, 6.07) is 5.97. The number of rotatable bonds is 8. The average Bonchev–Trinajstić information content (AvgIpc) is 3.04. The van der Waals surface area contributed by atoms with Crippen molar-refractivity contribution in [2.75, 3.05) is 6.54 Å². The van der Waals surface area contributed by atoms with Crippen LogP contribution in [0.1, 0.15) is 52.0 Å². The molecule has 2 amide bonds. The topological polar surface area (TPSA) is 67.4 Å². The number of benzene rings is 1. The van der Waals surface area contributed by atoms with Crippen LogP contribution in [0.4, 0.5) is 9.18 Å². The minimum Gasteiger partial charge on any atom is -0.443 e. The lowest BCUT2D eigenvalue weighted by Gasteiger charge is -2.34. The molecule has 0 spiro atoms. The van der Waals surface area contributed by atoms with Gasteiger partial charge >= 0.3 is 6.09 Å². The fraction of sp³-hybridized carbons (Fsp3) is 0.579. The number of carbonyl (C=O) groups is 2. The number of halogens is 1. The third-order valence-electron chi connectivity index (χ3n) is 4.96. The number of hydrogen-bond donors (Lipinski definition) is 2. The highest BCUT2D eigenvalue weighted by molar-refractivity contribution is 5.89. The maximum Gasteiger partial charge on any atom is 0.407 e. The quantitative estimate of drug-likeness (QED) is 0.756. The van der Waals surface area contributed by atoms with Gasteiger partial charge in [0.25, 0.3) is 0 Å². The van der Waals surface area contributed by atoms with Gasteiger partial charge in [-0.05, 0) is 37.5 Å². The van der Waals surface area contributed by atoms with Crippen molar-refractivity contribution in [2.24, 2.45) is 0 Å². The molecule has 0 aromatic heterocycles. The standard InChI is InChI=1S/C19H27FN2O3/c1-4-6-10-15(5-2)22-17(23)19(3,16-12-21-18(24)25-16)13-8-7-9-14(20)11-13/h7-9,11,15-16H,4-6,10,12H2,1-3H3,(H,21,24)(H,22,23). The van der Waals surface area contributed by atoms with Gasteiger partial charge in [0.15, 0.2) is 0 Å². The van der Waals surface area contributed by atoms with E-state index in [0.29, 0.717) is 5.56 Å². The zero-order valence-corrected chi connectivity index (χ0v) is 15.1. The molecule has 1 aromatic rings. The summed E-state index contributed by atoms with van der Waals surface area (Å²) in [4.78, 5) is 24.7. The van der Waals surface area contributed by atoms with Crippen molar-refractivity contribution in [1.82, 2.24) is 10.6 Å². The van der Waals surface area contributed by atoms with Crippen LogP contribution in [-0.2, 0) is 14.9 Å². The Morgan fingerprint density at radius 1 is 1.48 bits per heavy atom. The summed E-state index contributed by atoms with van der Waals surface area (Å²) in [7, 11) is 0. The molecule has 1 heterocycles. The molecular formula is C19H27FN2O3. The molecule has 3 atom stereocenters. The van der Waals surface area contributed by atoms with E-state index in [0.717, 1.165) is 25.7 Å². The predicted octanol–water partition coefficient (Wildman–Crippen LogP) is 3.28. The first-order chi connectivity index (χ1) is 11.9. The molecule has 0 radical (unpaired) electrons. The number of amides is 2. The van der Waals surface area contributed by atoms with E-state index in [1.807, 2.05) is 6.92 Å². The molecule has 0 aliphatic carbocycles. The van der Waals surface area contributed by atoms with Gasteiger partial charge in [-0.1, -0.05) is 38.8 Å². The van der Waals surface area contributed by atoms with E-state index in [1.54, 1.807) is 19.1 Å². The van der Waals surface area contributed by atoms with Crippen molar-refractivity contribution in [3.8, 4) is 0 Å². The molecule has 1 fully saturated rings. The van der Waals surface area contributed by atoms with E-state index in [1.165, 1.54) is 12.1 Å². The Balaban J connectivity index is 2.30. The van der Waals surface area contributed by atoms with Crippen molar-refractivity contribution in [2.45, 2.75) is 64.0 Å². The molecule has 6 heteroatoms. The van der Waals surface area contributed by atoms with E-state index in [4.69, 9.17) is 4.74 Å². The van der Waals surface area contributed by atoms with Crippen LogP contribution in [0.5, 0.6) is 0 Å². The molecule has 1 aromatic carbocycles. The van der Waals surface area contributed by atoms with Gasteiger partial charge in [-0.15, -0.1) is 0 Å². The van der Waals surface area contributed by atoms with Crippen molar-refractivity contribution in [3.05, 3.63) is 35.6 Å². The first-order valence-electron chi connectivity index (χ1n) is 8.93. The lowest BCUT2D eigenvalue weighted by molar-refractivity contribution is -0.130. The number of carbonyl (C=O) groups excluding carboxylic acids is 2. The molecule has 25 heavy (non-hydrogen) atoms. The number of hydrogen-bond acceptors (Lipinski definition) is 3. The van der Waals surface area contributed by atoms with Gasteiger partial charge in [-0.2, -0.15) is 0 Å². The summed E-state index contributed by atoms with van der Waals surface area (Å²) in [5.74, 6) is -0.672. The summed E-state index contributed by atoms with van der Waals surface area (Å²) in [6.45, 7) is 6.05. The maximum absolute atomic E-state index is 13.8. The van der Waals surface area contributed by atoms with Crippen LogP contribution >= 0.6 is 0 Å². The van der Waals surface area contributed by atoms with Crippen LogP contribution < -0.4 is 10.6 Å². The molecular weight excluding hydrogens is 323 g/mol.